The van der Waals surface area contributed by atoms with Gasteiger partial charge in [0, 0.05) is 31.6 Å². The van der Waals surface area contributed by atoms with E-state index in [-0.39, 0.29) is 36.9 Å². The number of carbonyl (C=O) groups excluding carboxylic acids is 4. The van der Waals surface area contributed by atoms with Gasteiger partial charge in [0.25, 0.3) is 0 Å². The molecule has 0 spiro atoms. The number of carboxylic acids is 1. The van der Waals surface area contributed by atoms with Crippen LogP contribution in [0.2, 0.25) is 0 Å². The van der Waals surface area contributed by atoms with Gasteiger partial charge >= 0.3 is 5.97 Å². The van der Waals surface area contributed by atoms with Gasteiger partial charge in [-0.25, -0.2) is 0 Å². The first kappa shape index (κ1) is 39.5. The lowest BCUT2D eigenvalue weighted by Crippen LogP contribution is -2.67. The normalized spacial score (nSPS) is 19.5. The number of fused-ring (bicyclic) bond motifs is 3. The Morgan fingerprint density at radius 3 is 1.90 bits per heavy atom. The molecule has 0 saturated carbocycles. The highest BCUT2D eigenvalue weighted by atomic mass is 16.4. The third-order valence-corrected chi connectivity index (χ3v) is 9.72. The van der Waals surface area contributed by atoms with Crippen molar-refractivity contribution in [3.05, 3.63) is 71.8 Å². The van der Waals surface area contributed by atoms with E-state index in [2.05, 4.69) is 16.0 Å². The lowest BCUT2D eigenvalue weighted by molar-refractivity contribution is -0.149. The first-order chi connectivity index (χ1) is 24.4. The smallest absolute Gasteiger partial charge is 0.317 e. The fourth-order valence-corrected chi connectivity index (χ4v) is 7.05. The van der Waals surface area contributed by atoms with Gasteiger partial charge in [-0.2, -0.15) is 0 Å². The maximum atomic E-state index is 14.0. The Hall–Kier alpha value is -4.33. The molecule has 4 amide bonds. The molecule has 51 heavy (non-hydrogen) atoms. The summed E-state index contributed by atoms with van der Waals surface area (Å²) in [6.07, 6.45) is 4.04. The van der Waals surface area contributed by atoms with Crippen molar-refractivity contribution in [1.29, 1.82) is 0 Å². The van der Waals surface area contributed by atoms with Crippen LogP contribution in [0.1, 0.15) is 63.5 Å². The van der Waals surface area contributed by atoms with Gasteiger partial charge in [0.15, 0.2) is 0 Å². The average Bonchev–Trinajstić information content (AvgIpc) is 3.11. The number of nitrogens with one attached hydrogen (secondary N) is 3. The van der Waals surface area contributed by atoms with Gasteiger partial charge in [0.05, 0.1) is 12.6 Å². The molecule has 0 radical (unpaired) electrons. The number of nitrogens with two attached hydrogens (primary N) is 2. The molecular formula is C38H55N7O6. The summed E-state index contributed by atoms with van der Waals surface area (Å²) in [7, 11) is 0. The van der Waals surface area contributed by atoms with Crippen molar-refractivity contribution in [1.82, 2.24) is 25.8 Å². The van der Waals surface area contributed by atoms with E-state index in [1.807, 2.05) is 79.4 Å². The van der Waals surface area contributed by atoms with E-state index in [1.54, 1.807) is 4.90 Å². The summed E-state index contributed by atoms with van der Waals surface area (Å²) < 4.78 is 0. The lowest BCUT2D eigenvalue weighted by atomic mass is 9.89. The van der Waals surface area contributed by atoms with Crippen molar-refractivity contribution in [2.24, 2.45) is 17.4 Å². The number of benzene rings is 2. The standard InChI is InChI=1S/C38H55N7O6/c1-25(2)19-32(36(49)41-31(15-9-10-18-39)38(51)45-23-28-16-17-29(45)22-44(28)24-34(46)47)43-37(50)33(21-27-13-7-4-8-14-27)42-35(48)30(40)20-26-11-5-3-6-12-26/h3-8,11-14,25,28-33H,9-10,15-24,39-40H2,1-2H3,(H,41,49)(H,42,48)(H,43,50)(H,46,47). The van der Waals surface area contributed by atoms with E-state index >= 15 is 0 Å². The second-order valence-electron chi connectivity index (χ2n) is 14.3. The van der Waals surface area contributed by atoms with E-state index < -0.39 is 47.9 Å². The monoisotopic (exact) mass is 705 g/mol. The molecular weight excluding hydrogens is 650 g/mol. The second-order valence-corrected chi connectivity index (χ2v) is 14.3. The zero-order valence-corrected chi connectivity index (χ0v) is 29.8. The molecule has 2 bridgehead atoms. The third kappa shape index (κ3) is 11.9. The lowest BCUT2D eigenvalue weighted by Gasteiger charge is -2.51. The van der Waals surface area contributed by atoms with Gasteiger partial charge in [0.2, 0.25) is 23.6 Å². The quantitative estimate of drug-likeness (QED) is 0.116. The van der Waals surface area contributed by atoms with E-state index in [0.29, 0.717) is 51.7 Å². The third-order valence-electron chi connectivity index (χ3n) is 9.72. The zero-order valence-electron chi connectivity index (χ0n) is 29.8. The highest BCUT2D eigenvalue weighted by molar-refractivity contribution is 5.95. The molecule has 3 saturated heterocycles. The number of amides is 4. The molecule has 0 aromatic heterocycles. The van der Waals surface area contributed by atoms with Crippen LogP contribution < -0.4 is 27.4 Å². The summed E-state index contributed by atoms with van der Waals surface area (Å²) in [4.78, 5) is 70.4. The van der Waals surface area contributed by atoms with Crippen LogP contribution in [0.4, 0.5) is 0 Å². The van der Waals surface area contributed by atoms with Crippen LogP contribution in [0, 0.1) is 5.92 Å². The Balaban J connectivity index is 1.48. The summed E-state index contributed by atoms with van der Waals surface area (Å²) in [5, 5.41) is 18.0. The van der Waals surface area contributed by atoms with Gasteiger partial charge in [-0.3, -0.25) is 28.9 Å². The van der Waals surface area contributed by atoms with Gasteiger partial charge in [0.1, 0.15) is 18.1 Å². The van der Waals surface area contributed by atoms with Crippen LogP contribution >= 0.6 is 0 Å². The summed E-state index contributed by atoms with van der Waals surface area (Å²) >= 11 is 0. The number of unbranched alkanes of at least 4 members (excludes halogenated alkanes) is 1. The van der Waals surface area contributed by atoms with Crippen LogP contribution in [-0.4, -0.2) is 107 Å². The van der Waals surface area contributed by atoms with Gasteiger partial charge in [-0.15, -0.1) is 0 Å². The Morgan fingerprint density at radius 2 is 1.33 bits per heavy atom. The number of carboxylic acid groups (broad SMARTS) is 1. The van der Waals surface area contributed by atoms with Gasteiger partial charge in [-0.1, -0.05) is 74.5 Å². The van der Waals surface area contributed by atoms with E-state index in [4.69, 9.17) is 11.5 Å². The first-order valence-corrected chi connectivity index (χ1v) is 18.2. The SMILES string of the molecule is CC(C)CC(NC(=O)C(Cc1ccccc1)NC(=O)C(N)Cc1ccccc1)C(=O)NC(CCCCN)C(=O)N1CC2CCC1CN2CC(=O)O. The number of piperidine rings is 2. The van der Waals surface area contributed by atoms with Gasteiger partial charge in [-0.05, 0) is 68.5 Å². The van der Waals surface area contributed by atoms with Crippen molar-refractivity contribution < 1.29 is 29.1 Å². The van der Waals surface area contributed by atoms with Crippen LogP contribution in [0.25, 0.3) is 0 Å². The Kier molecular flexibility index (Phi) is 15.0. The van der Waals surface area contributed by atoms with Gasteiger partial charge < -0.3 is 37.4 Å². The van der Waals surface area contributed by atoms with Crippen molar-refractivity contribution in [3.8, 4) is 0 Å². The molecule has 278 valence electrons. The molecule has 2 aromatic carbocycles. The molecule has 8 N–H and O–H groups in total. The van der Waals surface area contributed by atoms with E-state index in [0.717, 1.165) is 24.0 Å². The predicted molar refractivity (Wildman–Crippen MR) is 194 cm³/mol. The molecule has 3 heterocycles. The zero-order chi connectivity index (χ0) is 36.9. The highest BCUT2D eigenvalue weighted by Gasteiger charge is 2.43. The number of rotatable bonds is 19. The first-order valence-electron chi connectivity index (χ1n) is 18.2. The molecule has 6 atom stereocenters. The minimum absolute atomic E-state index is 0.0203. The molecule has 3 aliphatic heterocycles. The van der Waals surface area contributed by atoms with E-state index in [1.165, 1.54) is 0 Å². The molecule has 0 aliphatic carbocycles. The fraction of sp³-hybridized carbons (Fsp3) is 0.553. The number of piperazine rings is 1. The minimum atomic E-state index is -1.01. The maximum Gasteiger partial charge on any atom is 0.317 e. The molecule has 3 aliphatic rings. The number of aliphatic carboxylic acids is 1. The summed E-state index contributed by atoms with van der Waals surface area (Å²) in [6, 6.07) is 14.8. The molecule has 6 unspecified atom stereocenters. The second kappa shape index (κ2) is 19.3. The minimum Gasteiger partial charge on any atom is -0.480 e. The summed E-state index contributed by atoms with van der Waals surface area (Å²) in [6.45, 7) is 5.14. The molecule has 3 fully saturated rings. The summed E-state index contributed by atoms with van der Waals surface area (Å²) in [5.74, 6) is -2.58. The fourth-order valence-electron chi connectivity index (χ4n) is 7.05. The molecule has 13 nitrogen and oxygen atoms in total. The van der Waals surface area contributed by atoms with Crippen molar-refractivity contribution in [2.45, 2.75) is 101 Å². The molecule has 13 heteroatoms. The molecule has 2 aromatic rings. The topological polar surface area (TPSA) is 200 Å². The van der Waals surface area contributed by atoms with Crippen molar-refractivity contribution >= 4 is 29.6 Å². The predicted octanol–water partition coefficient (Wildman–Crippen LogP) is 1.19. The van der Waals surface area contributed by atoms with Crippen LogP contribution in [0.15, 0.2) is 60.7 Å². The van der Waals surface area contributed by atoms with Crippen molar-refractivity contribution in [2.75, 3.05) is 26.2 Å². The van der Waals surface area contributed by atoms with Crippen LogP contribution in [-0.2, 0) is 36.8 Å². The maximum absolute atomic E-state index is 14.0. The average molecular weight is 706 g/mol. The summed E-state index contributed by atoms with van der Waals surface area (Å²) in [5.41, 5.74) is 13.7. The Morgan fingerprint density at radius 1 is 0.765 bits per heavy atom. The van der Waals surface area contributed by atoms with Crippen molar-refractivity contribution in [3.63, 3.8) is 0 Å². The number of nitrogens with zero attached hydrogens (tertiary/aromatic N) is 2. The Bertz CT molecular complexity index is 1460. The number of carbonyl (C=O) groups is 5. The van der Waals surface area contributed by atoms with Crippen LogP contribution in [0.3, 0.4) is 0 Å². The van der Waals surface area contributed by atoms with Crippen LogP contribution in [0.5, 0.6) is 0 Å². The largest absolute Gasteiger partial charge is 0.480 e. The number of hydrogen-bond donors (Lipinski definition) is 6. The number of hydrogen-bond acceptors (Lipinski definition) is 8. The van der Waals surface area contributed by atoms with E-state index in [9.17, 15) is 29.1 Å². The Labute approximate surface area is 300 Å². The molecule has 5 rings (SSSR count). The highest BCUT2D eigenvalue weighted by Crippen LogP contribution is 2.29.